The number of carbonyl (C=O) groups is 2. The Balaban J connectivity index is 1.46. The summed E-state index contributed by atoms with van der Waals surface area (Å²) in [6, 6.07) is 28.6. The van der Waals surface area contributed by atoms with E-state index >= 15 is 0 Å². The molecular formula is C27H24N4O2. The molecule has 4 aromatic rings. The maximum absolute atomic E-state index is 13.4. The highest BCUT2D eigenvalue weighted by molar-refractivity contribution is 6.02. The minimum absolute atomic E-state index is 0.0413. The Morgan fingerprint density at radius 1 is 0.848 bits per heavy atom. The van der Waals surface area contributed by atoms with E-state index in [2.05, 4.69) is 5.32 Å². The molecule has 1 aromatic heterocycles. The molecule has 0 aliphatic carbocycles. The first-order valence-corrected chi connectivity index (χ1v) is 11.0. The molecule has 0 bridgehead atoms. The second kappa shape index (κ2) is 9.12. The SMILES string of the molecule is O=C(Nc1ccccc1)c1cn2c(n1)C(c1ccccc1)N(C(=O)Cc1ccccc1)CC2. The standard InChI is InChI=1S/C27H24N4O2/c32-24(18-20-10-4-1-5-11-20)31-17-16-30-19-23(27(33)28-22-14-8-3-9-15-22)29-26(30)25(31)21-12-6-2-7-13-21/h1-15,19,25H,16-18H2,(H,28,33). The Bertz CT molecular complexity index is 1250. The molecule has 164 valence electrons. The fourth-order valence-corrected chi connectivity index (χ4v) is 4.24. The predicted molar refractivity (Wildman–Crippen MR) is 127 cm³/mol. The van der Waals surface area contributed by atoms with Gasteiger partial charge in [-0.2, -0.15) is 0 Å². The Morgan fingerprint density at radius 2 is 1.48 bits per heavy atom. The molecular weight excluding hydrogens is 412 g/mol. The zero-order valence-electron chi connectivity index (χ0n) is 18.1. The van der Waals surface area contributed by atoms with Crippen molar-refractivity contribution in [2.45, 2.75) is 19.0 Å². The first-order valence-electron chi connectivity index (χ1n) is 11.0. The number of nitrogens with zero attached hydrogens (tertiary/aromatic N) is 3. The number of nitrogens with one attached hydrogen (secondary N) is 1. The van der Waals surface area contributed by atoms with Gasteiger partial charge >= 0.3 is 0 Å². The monoisotopic (exact) mass is 436 g/mol. The van der Waals surface area contributed by atoms with Crippen molar-refractivity contribution in [1.82, 2.24) is 14.5 Å². The molecule has 6 nitrogen and oxygen atoms in total. The number of hydrogen-bond donors (Lipinski definition) is 1. The fourth-order valence-electron chi connectivity index (χ4n) is 4.24. The summed E-state index contributed by atoms with van der Waals surface area (Å²) < 4.78 is 1.99. The van der Waals surface area contributed by atoms with Crippen LogP contribution in [0.15, 0.2) is 97.2 Å². The summed E-state index contributed by atoms with van der Waals surface area (Å²) in [5.41, 5.74) is 3.01. The molecule has 0 saturated heterocycles. The molecule has 6 heteroatoms. The van der Waals surface area contributed by atoms with Gasteiger partial charge < -0.3 is 14.8 Å². The Labute approximate surface area is 192 Å². The van der Waals surface area contributed by atoms with E-state index in [9.17, 15) is 9.59 Å². The number of imidazole rings is 1. The summed E-state index contributed by atoms with van der Waals surface area (Å²) in [5, 5.41) is 2.89. The lowest BCUT2D eigenvalue weighted by Gasteiger charge is -2.36. The first kappa shape index (κ1) is 20.7. The number of aromatic nitrogens is 2. The normalized spacial score (nSPS) is 15.0. The van der Waals surface area contributed by atoms with Crippen LogP contribution in [0.25, 0.3) is 0 Å². The summed E-state index contributed by atoms with van der Waals surface area (Å²) in [4.78, 5) is 32.8. The number of hydrogen-bond acceptors (Lipinski definition) is 3. The third-order valence-electron chi connectivity index (χ3n) is 5.84. The maximum atomic E-state index is 13.4. The van der Waals surface area contributed by atoms with Crippen molar-refractivity contribution in [3.05, 3.63) is 120 Å². The van der Waals surface area contributed by atoms with E-state index in [1.165, 1.54) is 0 Å². The predicted octanol–water partition coefficient (Wildman–Crippen LogP) is 4.31. The number of para-hydroxylation sites is 1. The molecule has 33 heavy (non-hydrogen) atoms. The zero-order chi connectivity index (χ0) is 22.6. The molecule has 2 amide bonds. The molecule has 2 heterocycles. The van der Waals surface area contributed by atoms with Crippen LogP contribution in [0, 0.1) is 0 Å². The quantitative estimate of drug-likeness (QED) is 0.507. The van der Waals surface area contributed by atoms with Gasteiger partial charge in [0.15, 0.2) is 0 Å². The highest BCUT2D eigenvalue weighted by Crippen LogP contribution is 2.32. The number of benzene rings is 3. The smallest absolute Gasteiger partial charge is 0.275 e. The number of fused-ring (bicyclic) bond motifs is 1. The van der Waals surface area contributed by atoms with Gasteiger partial charge in [-0.3, -0.25) is 9.59 Å². The topological polar surface area (TPSA) is 67.2 Å². The number of anilines is 1. The molecule has 0 spiro atoms. The molecule has 5 rings (SSSR count). The van der Waals surface area contributed by atoms with Gasteiger partial charge in [0.1, 0.15) is 17.6 Å². The Kier molecular flexibility index (Phi) is 5.72. The summed E-state index contributed by atoms with van der Waals surface area (Å²) >= 11 is 0. The van der Waals surface area contributed by atoms with Crippen molar-refractivity contribution in [3.8, 4) is 0 Å². The average Bonchev–Trinajstić information content (AvgIpc) is 3.30. The highest BCUT2D eigenvalue weighted by atomic mass is 16.2. The third kappa shape index (κ3) is 4.41. The lowest BCUT2D eigenvalue weighted by Crippen LogP contribution is -2.43. The highest BCUT2D eigenvalue weighted by Gasteiger charge is 2.34. The molecule has 3 aromatic carbocycles. The lowest BCUT2D eigenvalue weighted by molar-refractivity contribution is -0.133. The van der Waals surface area contributed by atoms with E-state index in [0.29, 0.717) is 36.7 Å². The van der Waals surface area contributed by atoms with Gasteiger partial charge in [-0.25, -0.2) is 4.98 Å². The average molecular weight is 437 g/mol. The van der Waals surface area contributed by atoms with E-state index in [-0.39, 0.29) is 17.9 Å². The minimum Gasteiger partial charge on any atom is -0.330 e. The second-order valence-corrected chi connectivity index (χ2v) is 8.06. The van der Waals surface area contributed by atoms with Crippen LogP contribution in [-0.2, 0) is 17.8 Å². The van der Waals surface area contributed by atoms with Gasteiger partial charge in [0.05, 0.1) is 6.42 Å². The summed E-state index contributed by atoms with van der Waals surface area (Å²) in [7, 11) is 0. The number of rotatable bonds is 5. The molecule has 0 fully saturated rings. The maximum Gasteiger partial charge on any atom is 0.275 e. The van der Waals surface area contributed by atoms with Crippen molar-refractivity contribution in [2.75, 3.05) is 11.9 Å². The van der Waals surface area contributed by atoms with Gasteiger partial charge in [0, 0.05) is 25.0 Å². The van der Waals surface area contributed by atoms with Crippen molar-refractivity contribution >= 4 is 17.5 Å². The van der Waals surface area contributed by atoms with Crippen LogP contribution in [0.2, 0.25) is 0 Å². The summed E-state index contributed by atoms with van der Waals surface area (Å²) in [5.74, 6) is 0.476. The summed E-state index contributed by atoms with van der Waals surface area (Å²) in [6.07, 6.45) is 2.11. The van der Waals surface area contributed by atoms with Crippen LogP contribution in [0.4, 0.5) is 5.69 Å². The van der Waals surface area contributed by atoms with Crippen molar-refractivity contribution in [2.24, 2.45) is 0 Å². The molecule has 1 aliphatic rings. The molecule has 1 atom stereocenters. The fraction of sp³-hybridized carbons (Fsp3) is 0.148. The van der Waals surface area contributed by atoms with Gasteiger partial charge in [0.25, 0.3) is 5.91 Å². The minimum atomic E-state index is -0.352. The molecule has 0 saturated carbocycles. The van der Waals surface area contributed by atoms with Crippen LogP contribution in [0.3, 0.4) is 0 Å². The van der Waals surface area contributed by atoms with E-state index in [1.807, 2.05) is 100 Å². The third-order valence-corrected chi connectivity index (χ3v) is 5.84. The van der Waals surface area contributed by atoms with Gasteiger partial charge in [-0.15, -0.1) is 0 Å². The molecule has 1 aliphatic heterocycles. The largest absolute Gasteiger partial charge is 0.330 e. The van der Waals surface area contributed by atoms with Gasteiger partial charge in [0.2, 0.25) is 5.91 Å². The van der Waals surface area contributed by atoms with Crippen LogP contribution >= 0.6 is 0 Å². The van der Waals surface area contributed by atoms with Crippen LogP contribution in [0.1, 0.15) is 33.5 Å². The molecule has 1 unspecified atom stereocenters. The van der Waals surface area contributed by atoms with Gasteiger partial charge in [-0.1, -0.05) is 78.9 Å². The Morgan fingerprint density at radius 3 is 2.18 bits per heavy atom. The van der Waals surface area contributed by atoms with Crippen molar-refractivity contribution in [1.29, 1.82) is 0 Å². The second-order valence-electron chi connectivity index (χ2n) is 8.06. The number of carbonyl (C=O) groups excluding carboxylic acids is 2. The number of amides is 2. The van der Waals surface area contributed by atoms with E-state index < -0.39 is 0 Å². The lowest BCUT2D eigenvalue weighted by atomic mass is 10.0. The van der Waals surface area contributed by atoms with Crippen LogP contribution in [0.5, 0.6) is 0 Å². The Hall–Kier alpha value is -4.19. The van der Waals surface area contributed by atoms with Crippen molar-refractivity contribution in [3.63, 3.8) is 0 Å². The van der Waals surface area contributed by atoms with Crippen molar-refractivity contribution < 1.29 is 9.59 Å². The van der Waals surface area contributed by atoms with Crippen LogP contribution < -0.4 is 5.32 Å². The molecule has 0 radical (unpaired) electrons. The van der Waals surface area contributed by atoms with Crippen LogP contribution in [-0.4, -0.2) is 32.8 Å². The summed E-state index contributed by atoms with van der Waals surface area (Å²) in [6.45, 7) is 1.14. The van der Waals surface area contributed by atoms with E-state index in [0.717, 1.165) is 11.1 Å². The zero-order valence-corrected chi connectivity index (χ0v) is 18.1. The van der Waals surface area contributed by atoms with E-state index in [1.54, 1.807) is 6.20 Å². The first-order chi connectivity index (χ1) is 16.2. The molecule has 1 N–H and O–H groups in total. The van der Waals surface area contributed by atoms with Gasteiger partial charge in [-0.05, 0) is 23.3 Å². The van der Waals surface area contributed by atoms with E-state index in [4.69, 9.17) is 4.98 Å².